The van der Waals surface area contributed by atoms with Crippen LogP contribution >= 0.6 is 15.9 Å². The van der Waals surface area contributed by atoms with Gasteiger partial charge >= 0.3 is 0 Å². The molecule has 1 N–H and O–H groups in total. The molecule has 1 spiro atoms. The van der Waals surface area contributed by atoms with Crippen molar-refractivity contribution in [2.45, 2.75) is 30.9 Å². The van der Waals surface area contributed by atoms with Crippen LogP contribution in [0.25, 0.3) is 0 Å². The maximum atomic E-state index is 5.63. The lowest BCUT2D eigenvalue weighted by atomic mass is 9.95. The summed E-state index contributed by atoms with van der Waals surface area (Å²) in [4.78, 5) is 0. The lowest BCUT2D eigenvalue weighted by molar-refractivity contribution is 0.118. The molecule has 0 aliphatic carbocycles. The summed E-state index contributed by atoms with van der Waals surface area (Å²) >= 11 is 3.45. The summed E-state index contributed by atoms with van der Waals surface area (Å²) in [5.41, 5.74) is 0.360. The molecule has 2 rings (SSSR count). The van der Waals surface area contributed by atoms with Crippen LogP contribution in [0.15, 0.2) is 0 Å². The zero-order chi connectivity index (χ0) is 7.73. The predicted molar refractivity (Wildman–Crippen MR) is 48.1 cm³/mol. The van der Waals surface area contributed by atoms with Gasteiger partial charge in [-0.25, -0.2) is 0 Å². The van der Waals surface area contributed by atoms with Gasteiger partial charge in [-0.3, -0.25) is 0 Å². The molecule has 0 saturated carbocycles. The Bertz CT molecular complexity index is 145. The van der Waals surface area contributed by atoms with Gasteiger partial charge in [-0.15, -0.1) is 0 Å². The number of hydrogen-bond acceptors (Lipinski definition) is 2. The van der Waals surface area contributed by atoms with Crippen molar-refractivity contribution < 1.29 is 4.74 Å². The van der Waals surface area contributed by atoms with E-state index in [9.17, 15) is 0 Å². The van der Waals surface area contributed by atoms with Gasteiger partial charge in [-0.2, -0.15) is 0 Å². The van der Waals surface area contributed by atoms with E-state index in [4.69, 9.17) is 4.74 Å². The third kappa shape index (κ3) is 1.46. The molecule has 0 bridgehead atoms. The predicted octanol–water partition coefficient (Wildman–Crippen LogP) is 1.29. The molecule has 0 radical (unpaired) electrons. The minimum atomic E-state index is 0.360. The molecule has 3 heteroatoms. The highest BCUT2D eigenvalue weighted by Gasteiger charge is 2.41. The summed E-state index contributed by atoms with van der Waals surface area (Å²) in [5.74, 6) is 0. The number of halogens is 1. The van der Waals surface area contributed by atoms with Gasteiger partial charge in [0.05, 0.1) is 12.7 Å². The van der Waals surface area contributed by atoms with E-state index >= 15 is 0 Å². The van der Waals surface area contributed by atoms with Gasteiger partial charge in [0.2, 0.25) is 0 Å². The molecule has 2 fully saturated rings. The van der Waals surface area contributed by atoms with Crippen LogP contribution in [-0.2, 0) is 4.74 Å². The SMILES string of the molecule is BrC[C@H]1C[C@]2(CCCN2)CO1. The zero-order valence-corrected chi connectivity index (χ0v) is 8.19. The maximum absolute atomic E-state index is 5.63. The van der Waals surface area contributed by atoms with Crippen molar-refractivity contribution in [1.82, 2.24) is 5.32 Å². The highest BCUT2D eigenvalue weighted by molar-refractivity contribution is 9.09. The van der Waals surface area contributed by atoms with Crippen molar-refractivity contribution in [3.05, 3.63) is 0 Å². The fourth-order valence-electron chi connectivity index (χ4n) is 2.10. The molecule has 2 aliphatic heterocycles. The highest BCUT2D eigenvalue weighted by atomic mass is 79.9. The monoisotopic (exact) mass is 219 g/mol. The average molecular weight is 220 g/mol. The van der Waals surface area contributed by atoms with Gasteiger partial charge in [0.15, 0.2) is 0 Å². The molecule has 0 unspecified atom stereocenters. The van der Waals surface area contributed by atoms with Gasteiger partial charge in [0, 0.05) is 10.9 Å². The summed E-state index contributed by atoms with van der Waals surface area (Å²) in [6.45, 7) is 2.10. The van der Waals surface area contributed by atoms with E-state index in [2.05, 4.69) is 21.2 Å². The van der Waals surface area contributed by atoms with E-state index < -0.39 is 0 Å². The molecular weight excluding hydrogens is 206 g/mol. The summed E-state index contributed by atoms with van der Waals surface area (Å²) in [6, 6.07) is 0. The Morgan fingerprint density at radius 2 is 2.55 bits per heavy atom. The largest absolute Gasteiger partial charge is 0.375 e. The maximum Gasteiger partial charge on any atom is 0.0691 e. The van der Waals surface area contributed by atoms with Crippen LogP contribution in [0.2, 0.25) is 0 Å². The number of rotatable bonds is 1. The lowest BCUT2D eigenvalue weighted by Crippen LogP contribution is -2.40. The number of alkyl halides is 1. The van der Waals surface area contributed by atoms with Gasteiger partial charge in [-0.1, -0.05) is 15.9 Å². The Morgan fingerprint density at radius 3 is 3.09 bits per heavy atom. The first kappa shape index (κ1) is 8.02. The molecule has 0 amide bonds. The Labute approximate surface area is 75.8 Å². The minimum absolute atomic E-state index is 0.360. The molecule has 2 saturated heterocycles. The van der Waals surface area contributed by atoms with Crippen LogP contribution < -0.4 is 5.32 Å². The number of nitrogens with one attached hydrogen (secondary N) is 1. The van der Waals surface area contributed by atoms with E-state index in [0.29, 0.717) is 11.6 Å². The molecule has 64 valence electrons. The van der Waals surface area contributed by atoms with E-state index in [0.717, 1.165) is 11.9 Å². The molecule has 0 aromatic heterocycles. The van der Waals surface area contributed by atoms with Crippen molar-refractivity contribution in [2.24, 2.45) is 0 Å². The average Bonchev–Trinajstić information content (AvgIpc) is 2.62. The molecule has 2 aliphatic rings. The first-order valence-corrected chi connectivity index (χ1v) is 5.39. The zero-order valence-electron chi connectivity index (χ0n) is 6.61. The van der Waals surface area contributed by atoms with Crippen molar-refractivity contribution in [2.75, 3.05) is 18.5 Å². The van der Waals surface area contributed by atoms with Crippen LogP contribution in [0, 0.1) is 0 Å². The molecule has 2 heterocycles. The molecule has 2 nitrogen and oxygen atoms in total. The number of hydrogen-bond donors (Lipinski definition) is 1. The fourth-order valence-corrected chi connectivity index (χ4v) is 2.51. The third-order valence-corrected chi connectivity index (χ3v) is 3.44. The second-order valence-electron chi connectivity index (χ2n) is 3.60. The van der Waals surface area contributed by atoms with Gasteiger partial charge in [0.1, 0.15) is 0 Å². The Kier molecular flexibility index (Phi) is 2.21. The quantitative estimate of drug-likeness (QED) is 0.672. The molecule has 11 heavy (non-hydrogen) atoms. The molecular formula is C8H14BrNO. The smallest absolute Gasteiger partial charge is 0.0691 e. The topological polar surface area (TPSA) is 21.3 Å². The van der Waals surface area contributed by atoms with Crippen molar-refractivity contribution in [3.63, 3.8) is 0 Å². The fraction of sp³-hybridized carbons (Fsp3) is 1.00. The Balaban J connectivity index is 1.96. The normalized spacial score (nSPS) is 43.9. The molecule has 0 aromatic rings. The van der Waals surface area contributed by atoms with Gasteiger partial charge in [-0.05, 0) is 25.8 Å². The summed E-state index contributed by atoms with van der Waals surface area (Å²) in [6.07, 6.45) is 4.26. The second kappa shape index (κ2) is 3.04. The van der Waals surface area contributed by atoms with Crippen LogP contribution in [0.5, 0.6) is 0 Å². The van der Waals surface area contributed by atoms with Crippen molar-refractivity contribution >= 4 is 15.9 Å². The summed E-state index contributed by atoms with van der Waals surface area (Å²) < 4.78 is 5.63. The van der Waals surface area contributed by atoms with Crippen LogP contribution in [0.3, 0.4) is 0 Å². The summed E-state index contributed by atoms with van der Waals surface area (Å²) in [7, 11) is 0. The molecule has 0 aromatic carbocycles. The van der Waals surface area contributed by atoms with Gasteiger partial charge in [0.25, 0.3) is 0 Å². The Morgan fingerprint density at radius 1 is 1.64 bits per heavy atom. The summed E-state index contributed by atoms with van der Waals surface area (Å²) in [5, 5.41) is 4.53. The first-order valence-electron chi connectivity index (χ1n) is 4.27. The van der Waals surface area contributed by atoms with Crippen LogP contribution in [0.1, 0.15) is 19.3 Å². The van der Waals surface area contributed by atoms with Crippen LogP contribution in [0.4, 0.5) is 0 Å². The van der Waals surface area contributed by atoms with Gasteiger partial charge < -0.3 is 10.1 Å². The van der Waals surface area contributed by atoms with E-state index in [1.165, 1.54) is 25.8 Å². The van der Waals surface area contributed by atoms with E-state index in [1.807, 2.05) is 0 Å². The third-order valence-electron chi connectivity index (χ3n) is 2.72. The Hall–Kier alpha value is 0.400. The van der Waals surface area contributed by atoms with Crippen LogP contribution in [-0.4, -0.2) is 30.1 Å². The molecule has 2 atom stereocenters. The van der Waals surface area contributed by atoms with E-state index in [1.54, 1.807) is 0 Å². The second-order valence-corrected chi connectivity index (χ2v) is 4.25. The first-order chi connectivity index (χ1) is 5.35. The van der Waals surface area contributed by atoms with Crippen molar-refractivity contribution in [3.8, 4) is 0 Å². The van der Waals surface area contributed by atoms with E-state index in [-0.39, 0.29) is 0 Å². The highest BCUT2D eigenvalue weighted by Crippen LogP contribution is 2.32. The standard InChI is InChI=1S/C8H14BrNO/c9-5-7-4-8(6-11-7)2-1-3-10-8/h7,10H,1-6H2/t7-,8-/m1/s1. The lowest BCUT2D eigenvalue weighted by Gasteiger charge is -2.20. The van der Waals surface area contributed by atoms with Crippen molar-refractivity contribution in [1.29, 1.82) is 0 Å². The number of ether oxygens (including phenoxy) is 1. The minimum Gasteiger partial charge on any atom is -0.375 e.